The van der Waals surface area contributed by atoms with Crippen LogP contribution in [0.2, 0.25) is 0 Å². The van der Waals surface area contributed by atoms with Gasteiger partial charge in [-0.15, -0.1) is 0 Å². The lowest BCUT2D eigenvalue weighted by Crippen LogP contribution is -2.42. The number of hydrogen-bond donors (Lipinski definition) is 1. The summed E-state index contributed by atoms with van der Waals surface area (Å²) in [7, 11) is 0. The first-order valence-corrected chi connectivity index (χ1v) is 6.26. The number of aliphatic imine (C=N–C) groups is 1. The molecule has 0 aromatic heterocycles. The van der Waals surface area contributed by atoms with Crippen molar-refractivity contribution >= 4 is 5.71 Å². The van der Waals surface area contributed by atoms with Gasteiger partial charge in [0, 0.05) is 17.7 Å². The number of nitrogens with zero attached hydrogens (tertiary/aromatic N) is 1. The maximum atomic E-state index is 6.40. The molecule has 2 nitrogen and oxygen atoms in total. The van der Waals surface area contributed by atoms with Gasteiger partial charge in [0.25, 0.3) is 0 Å². The van der Waals surface area contributed by atoms with Crippen LogP contribution in [0.3, 0.4) is 0 Å². The van der Waals surface area contributed by atoms with E-state index < -0.39 is 0 Å². The van der Waals surface area contributed by atoms with Gasteiger partial charge in [0.1, 0.15) is 0 Å². The van der Waals surface area contributed by atoms with Gasteiger partial charge in [-0.25, -0.2) is 0 Å². The minimum Gasteiger partial charge on any atom is -0.325 e. The van der Waals surface area contributed by atoms with E-state index in [0.717, 1.165) is 5.71 Å². The summed E-state index contributed by atoms with van der Waals surface area (Å²) < 4.78 is 0. The number of fused-ring (bicyclic) bond motifs is 1. The van der Waals surface area contributed by atoms with E-state index in [9.17, 15) is 0 Å². The van der Waals surface area contributed by atoms with Crippen LogP contribution in [0.25, 0.3) is 0 Å². The molecule has 0 saturated carbocycles. The van der Waals surface area contributed by atoms with Crippen molar-refractivity contribution in [3.05, 3.63) is 34.4 Å². The fourth-order valence-electron chi connectivity index (χ4n) is 2.62. The molecule has 0 aromatic carbocycles. The van der Waals surface area contributed by atoms with Gasteiger partial charge in [0.05, 0.1) is 6.04 Å². The highest BCUT2D eigenvalue weighted by atomic mass is 14.9. The second kappa shape index (κ2) is 4.26. The largest absolute Gasteiger partial charge is 0.325 e. The summed E-state index contributed by atoms with van der Waals surface area (Å²) in [6.45, 7) is 10.7. The SMILES string of the molecule is CC1=NC2C(=C1C)C=CC(C(C)=C(C)C)C2N. The lowest BCUT2D eigenvalue weighted by molar-refractivity contribution is 0.490. The van der Waals surface area contributed by atoms with Gasteiger partial charge in [-0.1, -0.05) is 23.3 Å². The van der Waals surface area contributed by atoms with E-state index in [0.29, 0.717) is 5.92 Å². The highest BCUT2D eigenvalue weighted by Crippen LogP contribution is 2.35. The fraction of sp³-hybridized carbons (Fsp3) is 0.533. The Kier molecular flexibility index (Phi) is 3.09. The molecule has 0 saturated heterocycles. The van der Waals surface area contributed by atoms with E-state index >= 15 is 0 Å². The quantitative estimate of drug-likeness (QED) is 0.691. The maximum Gasteiger partial charge on any atom is 0.0915 e. The molecule has 0 bridgehead atoms. The number of rotatable bonds is 1. The van der Waals surface area contributed by atoms with Crippen molar-refractivity contribution in [3.63, 3.8) is 0 Å². The van der Waals surface area contributed by atoms with Gasteiger partial charge in [-0.2, -0.15) is 0 Å². The monoisotopic (exact) mass is 230 g/mol. The molecule has 1 heterocycles. The molecule has 2 N–H and O–H groups in total. The summed E-state index contributed by atoms with van der Waals surface area (Å²) in [5, 5.41) is 0. The van der Waals surface area contributed by atoms with Crippen LogP contribution in [0.4, 0.5) is 0 Å². The molecule has 2 heteroatoms. The third-order valence-electron chi connectivity index (χ3n) is 4.18. The van der Waals surface area contributed by atoms with Crippen molar-refractivity contribution in [2.75, 3.05) is 0 Å². The second-order valence-electron chi connectivity index (χ2n) is 5.38. The van der Waals surface area contributed by atoms with Crippen molar-refractivity contribution in [3.8, 4) is 0 Å². The van der Waals surface area contributed by atoms with Gasteiger partial charge in [-0.05, 0) is 45.8 Å². The normalized spacial score (nSPS) is 31.4. The number of nitrogens with two attached hydrogens (primary N) is 1. The second-order valence-corrected chi connectivity index (χ2v) is 5.38. The molecular weight excluding hydrogens is 208 g/mol. The molecule has 1 aliphatic heterocycles. The Labute approximate surface area is 104 Å². The Hall–Kier alpha value is -1.15. The summed E-state index contributed by atoms with van der Waals surface area (Å²) in [5.74, 6) is 0.330. The first-order valence-electron chi connectivity index (χ1n) is 6.26. The zero-order valence-electron chi connectivity index (χ0n) is 11.4. The first kappa shape index (κ1) is 12.3. The Bertz CT molecular complexity index is 459. The zero-order chi connectivity index (χ0) is 12.7. The lowest BCUT2D eigenvalue weighted by atomic mass is 9.79. The van der Waals surface area contributed by atoms with E-state index in [1.165, 1.54) is 22.3 Å². The minimum atomic E-state index is 0.0808. The van der Waals surface area contributed by atoms with Crippen molar-refractivity contribution in [1.82, 2.24) is 0 Å². The van der Waals surface area contributed by atoms with Crippen LogP contribution in [0.15, 0.2) is 39.4 Å². The molecule has 0 radical (unpaired) electrons. The zero-order valence-corrected chi connectivity index (χ0v) is 11.4. The molecule has 3 unspecified atom stereocenters. The van der Waals surface area contributed by atoms with E-state index in [-0.39, 0.29) is 12.1 Å². The molecule has 2 aliphatic rings. The Morgan fingerprint density at radius 3 is 2.47 bits per heavy atom. The van der Waals surface area contributed by atoms with E-state index in [1.54, 1.807) is 0 Å². The van der Waals surface area contributed by atoms with Crippen LogP contribution in [0, 0.1) is 5.92 Å². The Morgan fingerprint density at radius 1 is 1.24 bits per heavy atom. The lowest BCUT2D eigenvalue weighted by Gasteiger charge is -2.31. The molecule has 0 spiro atoms. The molecule has 17 heavy (non-hydrogen) atoms. The van der Waals surface area contributed by atoms with Crippen molar-refractivity contribution < 1.29 is 0 Å². The van der Waals surface area contributed by atoms with Crippen molar-refractivity contribution in [2.24, 2.45) is 16.6 Å². The summed E-state index contributed by atoms with van der Waals surface area (Å²) in [5.41, 5.74) is 12.9. The predicted octanol–water partition coefficient (Wildman–Crippen LogP) is 3.02. The van der Waals surface area contributed by atoms with E-state index in [4.69, 9.17) is 10.7 Å². The van der Waals surface area contributed by atoms with Crippen LogP contribution in [0.1, 0.15) is 34.6 Å². The summed E-state index contributed by atoms with van der Waals surface area (Å²) in [4.78, 5) is 4.71. The van der Waals surface area contributed by atoms with Crippen LogP contribution in [-0.2, 0) is 0 Å². The highest BCUT2D eigenvalue weighted by Gasteiger charge is 2.35. The minimum absolute atomic E-state index is 0.0808. The smallest absolute Gasteiger partial charge is 0.0915 e. The average molecular weight is 230 g/mol. The molecule has 92 valence electrons. The first-order chi connectivity index (χ1) is 7.93. The molecule has 0 aromatic rings. The highest BCUT2D eigenvalue weighted by molar-refractivity contribution is 6.01. The van der Waals surface area contributed by atoms with E-state index in [2.05, 4.69) is 46.8 Å². The molecule has 0 fully saturated rings. The van der Waals surface area contributed by atoms with Crippen LogP contribution >= 0.6 is 0 Å². The van der Waals surface area contributed by atoms with Crippen molar-refractivity contribution in [1.29, 1.82) is 0 Å². The third kappa shape index (κ3) is 1.91. The summed E-state index contributed by atoms with van der Waals surface area (Å²) in [6.07, 6.45) is 4.47. The van der Waals surface area contributed by atoms with Crippen LogP contribution < -0.4 is 5.73 Å². The van der Waals surface area contributed by atoms with Crippen molar-refractivity contribution in [2.45, 2.75) is 46.7 Å². The maximum absolute atomic E-state index is 6.40. The molecule has 0 amide bonds. The van der Waals surface area contributed by atoms with Gasteiger partial charge >= 0.3 is 0 Å². The third-order valence-corrected chi connectivity index (χ3v) is 4.18. The summed E-state index contributed by atoms with van der Waals surface area (Å²) >= 11 is 0. The Balaban J connectivity index is 2.40. The van der Waals surface area contributed by atoms with Crippen LogP contribution in [0.5, 0.6) is 0 Å². The topological polar surface area (TPSA) is 38.4 Å². The molecule has 1 aliphatic carbocycles. The average Bonchev–Trinajstić information content (AvgIpc) is 2.56. The van der Waals surface area contributed by atoms with Gasteiger partial charge in [-0.3, -0.25) is 4.99 Å². The standard InChI is InChI=1S/C15H22N2/c1-8(2)9(3)12-6-7-13-10(4)11(5)17-15(13)14(12)16/h6-7,12,14-15H,16H2,1-5H3. The van der Waals surface area contributed by atoms with Crippen LogP contribution in [-0.4, -0.2) is 17.8 Å². The molecule has 3 atom stereocenters. The number of allylic oxidation sites excluding steroid dienone is 2. The predicted molar refractivity (Wildman–Crippen MR) is 74.3 cm³/mol. The van der Waals surface area contributed by atoms with Gasteiger partial charge < -0.3 is 5.73 Å². The number of hydrogen-bond acceptors (Lipinski definition) is 2. The molecule has 2 rings (SSSR count). The molecular formula is C15H22N2. The fourth-order valence-corrected chi connectivity index (χ4v) is 2.62. The van der Waals surface area contributed by atoms with Gasteiger partial charge in [0.15, 0.2) is 0 Å². The Morgan fingerprint density at radius 2 is 1.88 bits per heavy atom. The van der Waals surface area contributed by atoms with Gasteiger partial charge in [0.2, 0.25) is 0 Å². The summed E-state index contributed by atoms with van der Waals surface area (Å²) in [6, 6.07) is 0.247. The van der Waals surface area contributed by atoms with E-state index in [1.807, 2.05) is 0 Å².